The van der Waals surface area contributed by atoms with Crippen LogP contribution in [0.15, 0.2) is 60.8 Å². The van der Waals surface area contributed by atoms with Crippen LogP contribution in [0.5, 0.6) is 0 Å². The molecule has 0 aromatic heterocycles. The van der Waals surface area contributed by atoms with Gasteiger partial charge in [-0.1, -0.05) is 126 Å². The minimum Gasteiger partial charge on any atom is -0.462 e. The van der Waals surface area contributed by atoms with Crippen LogP contribution in [0.3, 0.4) is 0 Å². The summed E-state index contributed by atoms with van der Waals surface area (Å²) in [5.41, 5.74) is 5.33. The molecule has 0 heterocycles. The van der Waals surface area contributed by atoms with Crippen molar-refractivity contribution in [1.29, 1.82) is 0 Å². The Hall–Kier alpha value is -2.29. The fourth-order valence-electron chi connectivity index (χ4n) is 5.08. The van der Waals surface area contributed by atoms with Gasteiger partial charge in [0.25, 0.3) is 0 Å². The summed E-state index contributed by atoms with van der Waals surface area (Å²) in [6.07, 6.45) is 43.9. The summed E-state index contributed by atoms with van der Waals surface area (Å²) in [4.78, 5) is 34.7. The molecule has 0 saturated carbocycles. The summed E-state index contributed by atoms with van der Waals surface area (Å²) in [7, 11) is -4.38. The van der Waals surface area contributed by atoms with Crippen molar-refractivity contribution < 1.29 is 37.6 Å². The van der Waals surface area contributed by atoms with E-state index in [2.05, 4.69) is 74.6 Å². The van der Waals surface area contributed by atoms with Crippen LogP contribution in [0.4, 0.5) is 0 Å². The smallest absolute Gasteiger partial charge is 0.462 e. The molecular formula is C42H74NO8P. The standard InChI is InChI=1S/C42H74NO8P/c1-3-5-7-9-11-13-15-17-18-19-20-21-22-23-25-26-28-30-32-34-41(44)48-38-40(39-50-52(46,47)49-37-36-43)51-42(45)35-33-31-29-27-24-16-14-12-10-8-6-4-2/h11-14,17-18,20-21,23,25,40H,3-10,15-16,19,22,24,26-39,43H2,1-2H3,(H,46,47)/b13-11+,14-12+,18-17+,21-20+,25-23+/t40-/m0/s1. The normalized spacial score (nSPS) is 14.0. The van der Waals surface area contributed by atoms with Crippen molar-refractivity contribution in [3.63, 3.8) is 0 Å². The molecule has 0 rings (SSSR count). The van der Waals surface area contributed by atoms with Crippen molar-refractivity contribution in [2.24, 2.45) is 5.73 Å². The molecule has 0 aromatic rings. The largest absolute Gasteiger partial charge is 0.472 e. The third-order valence-corrected chi connectivity index (χ3v) is 9.11. The van der Waals surface area contributed by atoms with Crippen molar-refractivity contribution in [3.05, 3.63) is 60.8 Å². The molecule has 10 heteroatoms. The molecule has 0 bridgehead atoms. The molecule has 0 aliphatic rings. The van der Waals surface area contributed by atoms with Gasteiger partial charge in [0.15, 0.2) is 6.10 Å². The summed E-state index contributed by atoms with van der Waals surface area (Å²) >= 11 is 0. The molecule has 300 valence electrons. The number of unbranched alkanes of at least 4 members (excludes halogenated alkanes) is 14. The lowest BCUT2D eigenvalue weighted by Crippen LogP contribution is -2.29. The third kappa shape index (κ3) is 37.5. The highest BCUT2D eigenvalue weighted by Gasteiger charge is 2.25. The summed E-state index contributed by atoms with van der Waals surface area (Å²) in [5.74, 6) is -0.881. The van der Waals surface area contributed by atoms with Crippen LogP contribution in [0, 0.1) is 0 Å². The quantitative estimate of drug-likeness (QED) is 0.0275. The van der Waals surface area contributed by atoms with E-state index in [-0.39, 0.29) is 32.6 Å². The van der Waals surface area contributed by atoms with Crippen LogP contribution in [-0.4, -0.2) is 49.3 Å². The van der Waals surface area contributed by atoms with Crippen LogP contribution < -0.4 is 5.73 Å². The number of ether oxygens (including phenoxy) is 2. The van der Waals surface area contributed by atoms with Crippen LogP contribution in [0.1, 0.15) is 162 Å². The number of phosphoric ester groups is 1. The Kier molecular flexibility index (Phi) is 36.7. The Morgan fingerprint density at radius 3 is 1.52 bits per heavy atom. The number of allylic oxidation sites excluding steroid dienone is 10. The van der Waals surface area contributed by atoms with Gasteiger partial charge in [0.05, 0.1) is 13.2 Å². The van der Waals surface area contributed by atoms with E-state index in [1.165, 1.54) is 44.9 Å². The lowest BCUT2D eigenvalue weighted by molar-refractivity contribution is -0.161. The maximum atomic E-state index is 12.5. The Balaban J connectivity index is 4.26. The minimum atomic E-state index is -4.38. The first kappa shape index (κ1) is 49.7. The maximum Gasteiger partial charge on any atom is 0.472 e. The van der Waals surface area contributed by atoms with Gasteiger partial charge in [-0.15, -0.1) is 0 Å². The van der Waals surface area contributed by atoms with E-state index >= 15 is 0 Å². The highest BCUT2D eigenvalue weighted by Crippen LogP contribution is 2.43. The Morgan fingerprint density at radius 1 is 0.577 bits per heavy atom. The first-order valence-electron chi connectivity index (χ1n) is 20.3. The zero-order valence-corrected chi connectivity index (χ0v) is 33.7. The fraction of sp³-hybridized carbons (Fsp3) is 0.714. The Bertz CT molecular complexity index is 1040. The van der Waals surface area contributed by atoms with Crippen LogP contribution >= 0.6 is 7.82 Å². The maximum absolute atomic E-state index is 12.5. The average Bonchev–Trinajstić information content (AvgIpc) is 3.13. The van der Waals surface area contributed by atoms with Crippen molar-refractivity contribution in [2.45, 2.75) is 168 Å². The molecule has 9 nitrogen and oxygen atoms in total. The predicted octanol–water partition coefficient (Wildman–Crippen LogP) is 11.3. The molecule has 0 aromatic carbocycles. The first-order chi connectivity index (χ1) is 25.3. The van der Waals surface area contributed by atoms with E-state index in [0.717, 1.165) is 77.0 Å². The van der Waals surface area contributed by atoms with E-state index in [1.807, 2.05) is 0 Å². The SMILES string of the molecule is CCCCC/C=C/C/C=C/C/C=C/C/C=C/CCCCCC(=O)OC[C@@H](COP(=O)(O)OCCN)OC(=O)CCCCCCC/C=C/CCCCC. The highest BCUT2D eigenvalue weighted by molar-refractivity contribution is 7.47. The van der Waals surface area contributed by atoms with Gasteiger partial charge in [-0.2, -0.15) is 0 Å². The number of esters is 2. The second-order valence-corrected chi connectivity index (χ2v) is 14.6. The van der Waals surface area contributed by atoms with E-state index in [0.29, 0.717) is 12.8 Å². The second kappa shape index (κ2) is 38.4. The molecule has 0 saturated heterocycles. The molecule has 1 unspecified atom stereocenters. The van der Waals surface area contributed by atoms with Gasteiger partial charge in [-0.05, 0) is 83.5 Å². The van der Waals surface area contributed by atoms with Gasteiger partial charge >= 0.3 is 19.8 Å². The van der Waals surface area contributed by atoms with Gasteiger partial charge in [-0.3, -0.25) is 18.6 Å². The van der Waals surface area contributed by atoms with Crippen LogP contribution in [0.25, 0.3) is 0 Å². The highest BCUT2D eigenvalue weighted by atomic mass is 31.2. The lowest BCUT2D eigenvalue weighted by atomic mass is 10.1. The van der Waals surface area contributed by atoms with E-state index in [9.17, 15) is 19.0 Å². The summed E-state index contributed by atoms with van der Waals surface area (Å²) < 4.78 is 32.6. The average molecular weight is 752 g/mol. The van der Waals surface area contributed by atoms with E-state index in [1.54, 1.807) is 0 Å². The number of phosphoric acid groups is 1. The minimum absolute atomic E-state index is 0.0449. The molecule has 0 fully saturated rings. The van der Waals surface area contributed by atoms with Crippen molar-refractivity contribution >= 4 is 19.8 Å². The number of rotatable bonds is 37. The zero-order chi connectivity index (χ0) is 38.2. The summed E-state index contributed by atoms with van der Waals surface area (Å²) in [6, 6.07) is 0. The van der Waals surface area contributed by atoms with Gasteiger partial charge < -0.3 is 20.1 Å². The van der Waals surface area contributed by atoms with E-state index < -0.39 is 32.5 Å². The number of carbonyl (C=O) groups is 2. The van der Waals surface area contributed by atoms with Gasteiger partial charge in [-0.25, -0.2) is 4.57 Å². The number of nitrogens with two attached hydrogens (primary N) is 1. The second-order valence-electron chi connectivity index (χ2n) is 13.1. The number of hydrogen-bond acceptors (Lipinski definition) is 8. The van der Waals surface area contributed by atoms with E-state index in [4.69, 9.17) is 24.3 Å². The third-order valence-electron chi connectivity index (χ3n) is 8.13. The predicted molar refractivity (Wildman–Crippen MR) is 215 cm³/mol. The summed E-state index contributed by atoms with van der Waals surface area (Å²) in [6.45, 7) is 3.61. The molecule has 0 amide bonds. The molecule has 2 atom stereocenters. The molecular weight excluding hydrogens is 677 g/mol. The Morgan fingerprint density at radius 2 is 1.00 bits per heavy atom. The van der Waals surface area contributed by atoms with Crippen molar-refractivity contribution in [3.8, 4) is 0 Å². The van der Waals surface area contributed by atoms with Crippen LogP contribution in [0.2, 0.25) is 0 Å². The molecule has 0 aliphatic heterocycles. The van der Waals surface area contributed by atoms with Gasteiger partial charge in [0, 0.05) is 19.4 Å². The molecule has 0 radical (unpaired) electrons. The molecule has 0 aliphatic carbocycles. The molecule has 52 heavy (non-hydrogen) atoms. The van der Waals surface area contributed by atoms with Gasteiger partial charge in [0.1, 0.15) is 6.61 Å². The number of carbonyl (C=O) groups excluding carboxylic acids is 2. The fourth-order valence-corrected chi connectivity index (χ4v) is 5.85. The summed E-state index contributed by atoms with van der Waals surface area (Å²) in [5, 5.41) is 0. The van der Waals surface area contributed by atoms with Crippen molar-refractivity contribution in [1.82, 2.24) is 0 Å². The zero-order valence-electron chi connectivity index (χ0n) is 32.8. The monoisotopic (exact) mass is 752 g/mol. The molecule has 3 N–H and O–H groups in total. The van der Waals surface area contributed by atoms with Crippen molar-refractivity contribution in [2.75, 3.05) is 26.4 Å². The lowest BCUT2D eigenvalue weighted by Gasteiger charge is -2.19. The molecule has 0 spiro atoms. The first-order valence-corrected chi connectivity index (χ1v) is 21.8. The van der Waals surface area contributed by atoms with Gasteiger partial charge in [0.2, 0.25) is 0 Å². The topological polar surface area (TPSA) is 134 Å². The van der Waals surface area contributed by atoms with Crippen LogP contribution in [-0.2, 0) is 32.7 Å². The Labute approximate surface area is 317 Å². The number of hydrogen-bond donors (Lipinski definition) is 2.